The second-order valence-corrected chi connectivity index (χ2v) is 5.91. The van der Waals surface area contributed by atoms with Crippen molar-refractivity contribution in [3.63, 3.8) is 0 Å². The van der Waals surface area contributed by atoms with Gasteiger partial charge in [0, 0.05) is 26.1 Å². The highest BCUT2D eigenvalue weighted by Crippen LogP contribution is 2.33. The molecule has 6 heteroatoms. The summed E-state index contributed by atoms with van der Waals surface area (Å²) in [5, 5.41) is 6.17. The van der Waals surface area contributed by atoms with Crippen LogP contribution in [0, 0.1) is 6.92 Å². The highest BCUT2D eigenvalue weighted by atomic mass is 16.5. The van der Waals surface area contributed by atoms with Gasteiger partial charge in [-0.1, -0.05) is 0 Å². The molecular weight excluding hydrogens is 282 g/mol. The number of benzene rings is 1. The molecule has 1 aromatic rings. The van der Waals surface area contributed by atoms with Crippen LogP contribution in [-0.4, -0.2) is 42.6 Å². The molecule has 2 N–H and O–H groups in total. The second-order valence-electron chi connectivity index (χ2n) is 5.91. The van der Waals surface area contributed by atoms with Crippen LogP contribution in [0.2, 0.25) is 0 Å². The van der Waals surface area contributed by atoms with Gasteiger partial charge in [0.25, 0.3) is 5.91 Å². The highest BCUT2D eigenvalue weighted by molar-refractivity contribution is 6.00. The number of rotatable bonds is 2. The fourth-order valence-electron chi connectivity index (χ4n) is 3.03. The van der Waals surface area contributed by atoms with E-state index >= 15 is 0 Å². The lowest BCUT2D eigenvalue weighted by Crippen LogP contribution is -2.41. The Balaban J connectivity index is 1.76. The van der Waals surface area contributed by atoms with E-state index in [-0.39, 0.29) is 24.6 Å². The third-order valence-corrected chi connectivity index (χ3v) is 4.23. The zero-order chi connectivity index (χ0) is 15.7. The molecule has 1 aromatic carbocycles. The van der Waals surface area contributed by atoms with E-state index in [1.54, 1.807) is 6.92 Å². The Hall–Kier alpha value is -2.24. The van der Waals surface area contributed by atoms with Crippen LogP contribution in [-0.2, 0) is 4.79 Å². The third kappa shape index (κ3) is 2.86. The molecule has 2 aliphatic rings. The van der Waals surface area contributed by atoms with E-state index in [0.717, 1.165) is 37.2 Å². The molecule has 0 spiro atoms. The number of likely N-dealkylation sites (tertiary alicyclic amines) is 1. The summed E-state index contributed by atoms with van der Waals surface area (Å²) >= 11 is 0. The van der Waals surface area contributed by atoms with Gasteiger partial charge in [0.2, 0.25) is 5.91 Å². The maximum absolute atomic E-state index is 11.9. The zero-order valence-electron chi connectivity index (χ0n) is 12.9. The molecule has 0 aliphatic carbocycles. The van der Waals surface area contributed by atoms with Crippen molar-refractivity contribution in [2.24, 2.45) is 0 Å². The van der Waals surface area contributed by atoms with E-state index < -0.39 is 0 Å². The highest BCUT2D eigenvalue weighted by Gasteiger charge is 2.25. The largest absolute Gasteiger partial charge is 0.470 e. The van der Waals surface area contributed by atoms with Crippen molar-refractivity contribution in [3.8, 4) is 5.75 Å². The van der Waals surface area contributed by atoms with Crippen molar-refractivity contribution in [3.05, 3.63) is 23.3 Å². The van der Waals surface area contributed by atoms with Crippen LogP contribution in [0.4, 0.5) is 5.69 Å². The van der Waals surface area contributed by atoms with E-state index in [0.29, 0.717) is 11.3 Å². The van der Waals surface area contributed by atoms with Crippen LogP contribution in [0.15, 0.2) is 12.1 Å². The molecule has 0 bridgehead atoms. The van der Waals surface area contributed by atoms with Crippen LogP contribution in [0.5, 0.6) is 5.75 Å². The number of aryl methyl sites for hydroxylation is 1. The summed E-state index contributed by atoms with van der Waals surface area (Å²) in [6, 6.07) is 4.14. The van der Waals surface area contributed by atoms with Gasteiger partial charge in [0.1, 0.15) is 0 Å². The lowest BCUT2D eigenvalue weighted by atomic mass is 10.0. The number of amides is 2. The van der Waals surface area contributed by atoms with E-state index in [1.807, 2.05) is 24.0 Å². The Bertz CT molecular complexity index is 607. The molecule has 2 heterocycles. The number of nitrogens with zero attached hydrogens (tertiary/aromatic N) is 1. The fraction of sp³-hybridized carbons (Fsp3) is 0.500. The average molecular weight is 303 g/mol. The summed E-state index contributed by atoms with van der Waals surface area (Å²) < 4.78 is 5.62. The van der Waals surface area contributed by atoms with Crippen molar-refractivity contribution in [1.29, 1.82) is 0 Å². The van der Waals surface area contributed by atoms with Crippen LogP contribution in [0.1, 0.15) is 35.7 Å². The minimum atomic E-state index is -0.0978. The normalized spacial score (nSPS) is 18.3. The molecule has 2 aliphatic heterocycles. The van der Waals surface area contributed by atoms with E-state index in [9.17, 15) is 9.59 Å². The van der Waals surface area contributed by atoms with Crippen molar-refractivity contribution < 1.29 is 14.3 Å². The van der Waals surface area contributed by atoms with Crippen LogP contribution in [0.3, 0.4) is 0 Å². The Labute approximate surface area is 129 Å². The van der Waals surface area contributed by atoms with Crippen molar-refractivity contribution in [2.45, 2.75) is 32.7 Å². The maximum Gasteiger partial charge on any atom is 0.257 e. The molecule has 22 heavy (non-hydrogen) atoms. The number of piperidine rings is 1. The summed E-state index contributed by atoms with van der Waals surface area (Å²) in [6.45, 7) is 5.31. The average Bonchev–Trinajstić information content (AvgIpc) is 2.49. The molecule has 0 saturated carbocycles. The smallest absolute Gasteiger partial charge is 0.257 e. The van der Waals surface area contributed by atoms with Crippen LogP contribution < -0.4 is 15.4 Å². The summed E-state index contributed by atoms with van der Waals surface area (Å²) in [5.41, 5.74) is 2.46. The minimum absolute atomic E-state index is 0.0978. The SMILES string of the molecule is CC(=O)N1CCC(Nc2cc(C)cc3c2OCNC3=O)CC1. The standard InChI is InChI=1S/C16H21N3O3/c1-10-7-13-15(22-9-17-16(13)21)14(8-10)18-12-3-5-19(6-4-12)11(2)20/h7-8,12,18H,3-6,9H2,1-2H3,(H,17,21). The topological polar surface area (TPSA) is 70.7 Å². The van der Waals surface area contributed by atoms with Gasteiger partial charge in [-0.15, -0.1) is 0 Å². The molecule has 1 saturated heterocycles. The Morgan fingerprint density at radius 3 is 2.77 bits per heavy atom. The van der Waals surface area contributed by atoms with Crippen molar-refractivity contribution >= 4 is 17.5 Å². The number of anilines is 1. The van der Waals surface area contributed by atoms with Crippen LogP contribution >= 0.6 is 0 Å². The molecule has 118 valence electrons. The minimum Gasteiger partial charge on any atom is -0.470 e. The summed E-state index contributed by atoms with van der Waals surface area (Å²) in [6.07, 6.45) is 1.79. The number of carbonyl (C=O) groups is 2. The first-order valence-electron chi connectivity index (χ1n) is 7.62. The number of hydrogen-bond donors (Lipinski definition) is 2. The van der Waals surface area contributed by atoms with Gasteiger partial charge < -0.3 is 20.3 Å². The fourth-order valence-corrected chi connectivity index (χ4v) is 3.03. The molecule has 6 nitrogen and oxygen atoms in total. The second kappa shape index (κ2) is 5.87. The third-order valence-electron chi connectivity index (χ3n) is 4.23. The molecule has 0 atom stereocenters. The number of carbonyl (C=O) groups excluding carboxylic acids is 2. The lowest BCUT2D eigenvalue weighted by molar-refractivity contribution is -0.129. The number of hydrogen-bond acceptors (Lipinski definition) is 4. The van der Waals surface area contributed by atoms with Gasteiger partial charge in [-0.05, 0) is 37.5 Å². The monoisotopic (exact) mass is 303 g/mol. The molecule has 0 radical (unpaired) electrons. The number of ether oxygens (including phenoxy) is 1. The molecule has 3 rings (SSSR count). The summed E-state index contributed by atoms with van der Waals surface area (Å²) in [4.78, 5) is 25.2. The predicted molar refractivity (Wildman–Crippen MR) is 83.0 cm³/mol. The Kier molecular flexibility index (Phi) is 3.92. The molecule has 1 fully saturated rings. The van der Waals surface area contributed by atoms with Crippen molar-refractivity contribution in [1.82, 2.24) is 10.2 Å². The zero-order valence-corrected chi connectivity index (χ0v) is 12.9. The Morgan fingerprint density at radius 1 is 1.36 bits per heavy atom. The van der Waals surface area contributed by atoms with Gasteiger partial charge in [-0.3, -0.25) is 9.59 Å². The first kappa shape index (κ1) is 14.7. The summed E-state index contributed by atoms with van der Waals surface area (Å²) in [7, 11) is 0. The van der Waals surface area contributed by atoms with Crippen LogP contribution in [0.25, 0.3) is 0 Å². The first-order valence-corrected chi connectivity index (χ1v) is 7.62. The van der Waals surface area contributed by atoms with Gasteiger partial charge in [0.15, 0.2) is 12.5 Å². The predicted octanol–water partition coefficient (Wildman–Crippen LogP) is 1.50. The van der Waals surface area contributed by atoms with E-state index in [2.05, 4.69) is 10.6 Å². The number of fused-ring (bicyclic) bond motifs is 1. The molecule has 0 aromatic heterocycles. The van der Waals surface area contributed by atoms with E-state index in [1.165, 1.54) is 0 Å². The number of nitrogens with one attached hydrogen (secondary N) is 2. The van der Waals surface area contributed by atoms with Gasteiger partial charge in [-0.25, -0.2) is 0 Å². The quantitative estimate of drug-likeness (QED) is 0.868. The maximum atomic E-state index is 11.9. The first-order chi connectivity index (χ1) is 10.5. The molecular formula is C16H21N3O3. The van der Waals surface area contributed by atoms with Gasteiger partial charge >= 0.3 is 0 Å². The lowest BCUT2D eigenvalue weighted by Gasteiger charge is -2.33. The van der Waals surface area contributed by atoms with Gasteiger partial charge in [-0.2, -0.15) is 0 Å². The van der Waals surface area contributed by atoms with Gasteiger partial charge in [0.05, 0.1) is 11.3 Å². The van der Waals surface area contributed by atoms with E-state index in [4.69, 9.17) is 4.74 Å². The summed E-state index contributed by atoms with van der Waals surface area (Å²) in [5.74, 6) is 0.661. The molecule has 0 unspecified atom stereocenters. The molecule has 2 amide bonds. The Morgan fingerprint density at radius 2 is 2.09 bits per heavy atom. The van der Waals surface area contributed by atoms with Crippen molar-refractivity contribution in [2.75, 3.05) is 25.1 Å².